The number of urea groups is 1. The Morgan fingerprint density at radius 1 is 1.32 bits per heavy atom. The minimum Gasteiger partial charge on any atom is -0.494 e. The fraction of sp³-hybridized carbons (Fsp3) is 0.417. The lowest BCUT2D eigenvalue weighted by molar-refractivity contribution is 0.173. The van der Waals surface area contributed by atoms with Crippen LogP contribution in [0.15, 0.2) is 12.1 Å². The molecule has 1 aromatic carbocycles. The molecule has 1 aromatic rings. The lowest BCUT2D eigenvalue weighted by atomic mass is 10.3. The molecule has 106 valence electrons. The van der Waals surface area contributed by atoms with Crippen LogP contribution in [0.5, 0.6) is 5.75 Å². The summed E-state index contributed by atoms with van der Waals surface area (Å²) in [7, 11) is 3.04. The van der Waals surface area contributed by atoms with E-state index in [4.69, 9.17) is 32.7 Å². The average Bonchev–Trinajstić information content (AvgIpc) is 2.28. The number of rotatable bonds is 5. The van der Waals surface area contributed by atoms with Gasteiger partial charge in [-0.25, -0.2) is 4.79 Å². The second-order valence-corrected chi connectivity index (χ2v) is 4.74. The third-order valence-corrected chi connectivity index (χ3v) is 2.82. The van der Waals surface area contributed by atoms with E-state index >= 15 is 0 Å². The molecule has 7 heteroatoms. The second kappa shape index (κ2) is 7.43. The van der Waals surface area contributed by atoms with Crippen LogP contribution in [0.25, 0.3) is 0 Å². The van der Waals surface area contributed by atoms with E-state index in [9.17, 15) is 4.79 Å². The smallest absolute Gasteiger partial charge is 0.319 e. The normalized spacial score (nSPS) is 11.8. The van der Waals surface area contributed by atoms with Crippen LogP contribution in [0.4, 0.5) is 10.5 Å². The zero-order valence-corrected chi connectivity index (χ0v) is 12.4. The molecule has 0 bridgehead atoms. The Morgan fingerprint density at radius 3 is 2.37 bits per heavy atom. The van der Waals surface area contributed by atoms with E-state index in [1.54, 1.807) is 19.2 Å². The Labute approximate surface area is 122 Å². The van der Waals surface area contributed by atoms with Crippen LogP contribution in [-0.2, 0) is 4.74 Å². The summed E-state index contributed by atoms with van der Waals surface area (Å²) in [6.07, 6.45) is 0. The van der Waals surface area contributed by atoms with E-state index in [1.165, 1.54) is 7.11 Å². The van der Waals surface area contributed by atoms with Crippen LogP contribution in [-0.4, -0.2) is 32.9 Å². The molecule has 1 atom stereocenters. The van der Waals surface area contributed by atoms with Crippen molar-refractivity contribution in [3.8, 4) is 5.75 Å². The topological polar surface area (TPSA) is 59.6 Å². The van der Waals surface area contributed by atoms with Crippen LogP contribution in [0.3, 0.4) is 0 Å². The first-order chi connectivity index (χ1) is 8.97. The molecule has 0 fully saturated rings. The van der Waals surface area contributed by atoms with Gasteiger partial charge in [-0.15, -0.1) is 0 Å². The van der Waals surface area contributed by atoms with E-state index in [0.29, 0.717) is 28.1 Å². The molecule has 0 saturated heterocycles. The Morgan fingerprint density at radius 2 is 1.89 bits per heavy atom. The summed E-state index contributed by atoms with van der Waals surface area (Å²) in [5.41, 5.74) is 0.484. The van der Waals surface area contributed by atoms with E-state index in [2.05, 4.69) is 10.6 Å². The van der Waals surface area contributed by atoms with E-state index < -0.39 is 0 Å². The second-order valence-electron chi connectivity index (χ2n) is 3.93. The molecule has 0 spiro atoms. The summed E-state index contributed by atoms with van der Waals surface area (Å²) >= 11 is 11.9. The predicted octanol–water partition coefficient (Wildman–Crippen LogP) is 3.16. The third kappa shape index (κ3) is 4.78. The zero-order valence-electron chi connectivity index (χ0n) is 10.9. The molecule has 5 nitrogen and oxygen atoms in total. The maximum Gasteiger partial charge on any atom is 0.319 e. The number of methoxy groups -OCH3 is 2. The summed E-state index contributed by atoms with van der Waals surface area (Å²) in [6, 6.07) is 2.66. The van der Waals surface area contributed by atoms with Crippen molar-refractivity contribution in [2.45, 2.75) is 13.0 Å². The number of ether oxygens (including phenoxy) is 2. The van der Waals surface area contributed by atoms with E-state index in [-0.39, 0.29) is 12.1 Å². The molecule has 2 N–H and O–H groups in total. The first-order valence-electron chi connectivity index (χ1n) is 5.57. The third-order valence-electron chi connectivity index (χ3n) is 2.25. The molecule has 0 aliphatic carbocycles. The fourth-order valence-electron chi connectivity index (χ4n) is 1.51. The Balaban J connectivity index is 2.70. The van der Waals surface area contributed by atoms with Crippen molar-refractivity contribution < 1.29 is 14.3 Å². The van der Waals surface area contributed by atoms with Gasteiger partial charge >= 0.3 is 6.03 Å². The van der Waals surface area contributed by atoms with Gasteiger partial charge in [0, 0.05) is 12.8 Å². The van der Waals surface area contributed by atoms with Crippen molar-refractivity contribution in [3.63, 3.8) is 0 Å². The first kappa shape index (κ1) is 15.9. The number of halogens is 2. The summed E-state index contributed by atoms with van der Waals surface area (Å²) in [6.45, 7) is 2.26. The molecule has 0 radical (unpaired) electrons. The number of hydrogen-bond donors (Lipinski definition) is 2. The van der Waals surface area contributed by atoms with Crippen LogP contribution < -0.4 is 15.4 Å². The molecule has 1 unspecified atom stereocenters. The standard InChI is InChI=1S/C12H16Cl2N2O3/c1-7(6-18-2)15-12(17)16-8-4-9(13)11(19-3)10(14)5-8/h4-5,7H,6H2,1-3H3,(H2,15,16,17). The van der Waals surface area contributed by atoms with Crippen LogP contribution in [0.2, 0.25) is 10.0 Å². The van der Waals surface area contributed by atoms with Gasteiger partial charge in [0.2, 0.25) is 0 Å². The maximum absolute atomic E-state index is 11.7. The molecule has 19 heavy (non-hydrogen) atoms. The first-order valence-corrected chi connectivity index (χ1v) is 6.33. The monoisotopic (exact) mass is 306 g/mol. The highest BCUT2D eigenvalue weighted by atomic mass is 35.5. The predicted molar refractivity (Wildman–Crippen MR) is 76.5 cm³/mol. The summed E-state index contributed by atoms with van der Waals surface area (Å²) in [5.74, 6) is 0.377. The van der Waals surface area contributed by atoms with Gasteiger partial charge in [-0.2, -0.15) is 0 Å². The summed E-state index contributed by atoms with van der Waals surface area (Å²) in [5, 5.41) is 6.00. The van der Waals surface area contributed by atoms with Crippen molar-refractivity contribution in [2.24, 2.45) is 0 Å². The average molecular weight is 307 g/mol. The number of amides is 2. The van der Waals surface area contributed by atoms with Crippen LogP contribution >= 0.6 is 23.2 Å². The Kier molecular flexibility index (Phi) is 6.21. The van der Waals surface area contributed by atoms with Crippen molar-refractivity contribution in [3.05, 3.63) is 22.2 Å². The van der Waals surface area contributed by atoms with Gasteiger partial charge in [-0.1, -0.05) is 23.2 Å². The largest absolute Gasteiger partial charge is 0.494 e. The molecule has 0 aliphatic heterocycles. The number of carbonyl (C=O) groups is 1. The van der Waals surface area contributed by atoms with Crippen molar-refractivity contribution in [2.75, 3.05) is 26.1 Å². The van der Waals surface area contributed by atoms with E-state index in [1.807, 2.05) is 6.92 Å². The molecule has 0 saturated carbocycles. The zero-order chi connectivity index (χ0) is 14.4. The molecule has 1 rings (SSSR count). The molecule has 2 amide bonds. The molecular weight excluding hydrogens is 291 g/mol. The highest BCUT2D eigenvalue weighted by Gasteiger charge is 2.11. The van der Waals surface area contributed by atoms with Gasteiger partial charge in [0.25, 0.3) is 0 Å². The van der Waals surface area contributed by atoms with Gasteiger partial charge in [0.15, 0.2) is 5.75 Å². The highest BCUT2D eigenvalue weighted by Crippen LogP contribution is 2.35. The van der Waals surface area contributed by atoms with E-state index in [0.717, 1.165) is 0 Å². The van der Waals surface area contributed by atoms with Crippen LogP contribution in [0, 0.1) is 0 Å². The SMILES string of the molecule is COCC(C)NC(=O)Nc1cc(Cl)c(OC)c(Cl)c1. The van der Waals surface area contributed by atoms with Gasteiger partial charge in [0.05, 0.1) is 29.8 Å². The van der Waals surface area contributed by atoms with Gasteiger partial charge in [0.1, 0.15) is 0 Å². The molecule has 0 aliphatic rings. The quantitative estimate of drug-likeness (QED) is 0.878. The van der Waals surface area contributed by atoms with Gasteiger partial charge < -0.3 is 20.1 Å². The Bertz CT molecular complexity index is 432. The van der Waals surface area contributed by atoms with Gasteiger partial charge in [-0.3, -0.25) is 0 Å². The highest BCUT2D eigenvalue weighted by molar-refractivity contribution is 6.37. The number of hydrogen-bond acceptors (Lipinski definition) is 3. The van der Waals surface area contributed by atoms with Crippen molar-refractivity contribution in [1.29, 1.82) is 0 Å². The van der Waals surface area contributed by atoms with Crippen molar-refractivity contribution in [1.82, 2.24) is 5.32 Å². The van der Waals surface area contributed by atoms with Crippen LogP contribution in [0.1, 0.15) is 6.92 Å². The summed E-state index contributed by atoms with van der Waals surface area (Å²) in [4.78, 5) is 11.7. The van der Waals surface area contributed by atoms with Gasteiger partial charge in [-0.05, 0) is 19.1 Å². The molecule has 0 heterocycles. The summed E-state index contributed by atoms with van der Waals surface area (Å²) < 4.78 is 9.95. The number of anilines is 1. The number of benzene rings is 1. The molecule has 0 aromatic heterocycles. The Hall–Kier alpha value is -1.17. The molecular formula is C12H16Cl2N2O3. The number of nitrogens with one attached hydrogen (secondary N) is 2. The minimum atomic E-state index is -0.359. The maximum atomic E-state index is 11.7. The lowest BCUT2D eigenvalue weighted by Gasteiger charge is -2.14. The lowest BCUT2D eigenvalue weighted by Crippen LogP contribution is -2.38. The fourth-order valence-corrected chi connectivity index (χ4v) is 2.15. The van der Waals surface area contributed by atoms with Crippen molar-refractivity contribution >= 4 is 34.9 Å². The minimum absolute atomic E-state index is 0.103. The number of carbonyl (C=O) groups excluding carboxylic acids is 1.